The number of methoxy groups -OCH3 is 1. The smallest absolute Gasteiger partial charge is 0.246 e. The number of rotatable bonds is 5. The van der Waals surface area contributed by atoms with Gasteiger partial charge in [0.2, 0.25) is 10.0 Å². The van der Waals surface area contributed by atoms with Crippen molar-refractivity contribution in [3.8, 4) is 5.75 Å². The monoisotopic (exact) mass is 314 g/mol. The molecule has 0 amide bonds. The number of ether oxygens (including phenoxy) is 2. The summed E-state index contributed by atoms with van der Waals surface area (Å²) in [5, 5.41) is 0. The summed E-state index contributed by atoms with van der Waals surface area (Å²) in [6.45, 7) is 3.48. The first kappa shape index (κ1) is 16.2. The lowest BCUT2D eigenvalue weighted by molar-refractivity contribution is -0.00281. The van der Waals surface area contributed by atoms with Gasteiger partial charge in [-0.05, 0) is 24.1 Å². The summed E-state index contributed by atoms with van der Waals surface area (Å²) in [5.74, 6) is 0.331. The van der Waals surface area contributed by atoms with Crippen LogP contribution in [0, 0.1) is 0 Å². The van der Waals surface area contributed by atoms with Gasteiger partial charge >= 0.3 is 0 Å². The molecule has 1 fully saturated rings. The van der Waals surface area contributed by atoms with E-state index in [1.165, 1.54) is 11.4 Å². The molecule has 1 unspecified atom stereocenters. The summed E-state index contributed by atoms with van der Waals surface area (Å²) < 4.78 is 37.8. The van der Waals surface area contributed by atoms with Crippen LogP contribution in [0.4, 0.5) is 0 Å². The van der Waals surface area contributed by atoms with E-state index in [9.17, 15) is 8.42 Å². The molecule has 1 aromatic carbocycles. The quantitative estimate of drug-likeness (QED) is 0.875. The van der Waals surface area contributed by atoms with Crippen molar-refractivity contribution >= 4 is 10.0 Å². The molecule has 0 radical (unpaired) electrons. The molecule has 1 atom stereocenters. The number of nitrogens with two attached hydrogens (primary N) is 1. The van der Waals surface area contributed by atoms with E-state index < -0.39 is 10.0 Å². The molecule has 7 heteroatoms. The molecule has 21 heavy (non-hydrogen) atoms. The maximum Gasteiger partial charge on any atom is 0.246 e. The second-order valence-electron chi connectivity index (χ2n) is 4.95. The Morgan fingerprint density at radius 1 is 1.48 bits per heavy atom. The van der Waals surface area contributed by atoms with Crippen LogP contribution in [0.15, 0.2) is 23.1 Å². The Hall–Kier alpha value is -1.15. The molecule has 6 nitrogen and oxygen atoms in total. The third-order valence-electron chi connectivity index (χ3n) is 3.64. The SMILES string of the molecule is CCC1CN(S(=O)(=O)c2ccc(CN)cc2OC)CCO1. The molecule has 118 valence electrons. The van der Waals surface area contributed by atoms with Crippen LogP contribution in [0.3, 0.4) is 0 Å². The maximum atomic E-state index is 12.8. The Morgan fingerprint density at radius 3 is 2.86 bits per heavy atom. The largest absolute Gasteiger partial charge is 0.495 e. The van der Waals surface area contributed by atoms with E-state index in [-0.39, 0.29) is 11.0 Å². The van der Waals surface area contributed by atoms with Crippen LogP contribution in [0.2, 0.25) is 0 Å². The van der Waals surface area contributed by atoms with Gasteiger partial charge in [0.15, 0.2) is 0 Å². The Kier molecular flexibility index (Phi) is 5.21. The number of sulfonamides is 1. The fraction of sp³-hybridized carbons (Fsp3) is 0.571. The molecular weight excluding hydrogens is 292 g/mol. The molecule has 2 rings (SSSR count). The van der Waals surface area contributed by atoms with Gasteiger partial charge in [-0.15, -0.1) is 0 Å². The van der Waals surface area contributed by atoms with Crippen molar-refractivity contribution in [2.24, 2.45) is 5.73 Å². The van der Waals surface area contributed by atoms with Crippen molar-refractivity contribution in [3.05, 3.63) is 23.8 Å². The molecule has 0 spiro atoms. The summed E-state index contributed by atoms with van der Waals surface area (Å²) in [6, 6.07) is 4.95. The molecule has 0 aliphatic carbocycles. The van der Waals surface area contributed by atoms with E-state index >= 15 is 0 Å². The Labute approximate surface area is 125 Å². The van der Waals surface area contributed by atoms with Crippen molar-refractivity contribution < 1.29 is 17.9 Å². The average molecular weight is 314 g/mol. The number of hydrogen-bond acceptors (Lipinski definition) is 5. The van der Waals surface area contributed by atoms with E-state index in [2.05, 4.69) is 0 Å². The molecule has 1 aliphatic rings. The zero-order chi connectivity index (χ0) is 15.5. The van der Waals surface area contributed by atoms with Crippen LogP contribution in [0.1, 0.15) is 18.9 Å². The lowest BCUT2D eigenvalue weighted by Gasteiger charge is -2.32. The van der Waals surface area contributed by atoms with Gasteiger partial charge in [0, 0.05) is 19.6 Å². The molecule has 0 saturated carbocycles. The second-order valence-corrected chi connectivity index (χ2v) is 6.86. The second kappa shape index (κ2) is 6.74. The number of hydrogen-bond donors (Lipinski definition) is 1. The summed E-state index contributed by atoms with van der Waals surface area (Å²) in [6.07, 6.45) is 0.734. The summed E-state index contributed by atoms with van der Waals surface area (Å²) in [4.78, 5) is 0.180. The fourth-order valence-electron chi connectivity index (χ4n) is 2.35. The molecule has 0 aromatic heterocycles. The van der Waals surface area contributed by atoms with Crippen LogP contribution >= 0.6 is 0 Å². The molecular formula is C14H22N2O4S. The lowest BCUT2D eigenvalue weighted by Crippen LogP contribution is -2.45. The van der Waals surface area contributed by atoms with E-state index in [0.29, 0.717) is 32.0 Å². The molecule has 1 heterocycles. The predicted molar refractivity (Wildman–Crippen MR) is 79.7 cm³/mol. The lowest BCUT2D eigenvalue weighted by atomic mass is 10.2. The van der Waals surface area contributed by atoms with E-state index in [4.69, 9.17) is 15.2 Å². The topological polar surface area (TPSA) is 81.9 Å². The zero-order valence-corrected chi connectivity index (χ0v) is 13.2. The van der Waals surface area contributed by atoms with Gasteiger partial charge in [-0.3, -0.25) is 0 Å². The molecule has 2 N–H and O–H groups in total. The predicted octanol–water partition coefficient (Wildman–Crippen LogP) is 0.953. The first-order chi connectivity index (χ1) is 10.0. The van der Waals surface area contributed by atoms with Crippen LogP contribution in [-0.4, -0.2) is 45.6 Å². The normalized spacial score (nSPS) is 20.4. The first-order valence-corrected chi connectivity index (χ1v) is 8.45. The molecule has 1 saturated heterocycles. The Balaban J connectivity index is 2.35. The molecule has 1 aliphatic heterocycles. The number of morpholine rings is 1. The minimum Gasteiger partial charge on any atom is -0.495 e. The van der Waals surface area contributed by atoms with Crippen LogP contribution in [0.25, 0.3) is 0 Å². The molecule has 1 aromatic rings. The van der Waals surface area contributed by atoms with E-state index in [1.807, 2.05) is 6.92 Å². The van der Waals surface area contributed by atoms with E-state index in [0.717, 1.165) is 12.0 Å². The van der Waals surface area contributed by atoms with Crippen molar-refractivity contribution in [2.75, 3.05) is 26.8 Å². The summed E-state index contributed by atoms with van der Waals surface area (Å²) in [7, 11) is -2.12. The zero-order valence-electron chi connectivity index (χ0n) is 12.4. The third kappa shape index (κ3) is 3.37. The highest BCUT2D eigenvalue weighted by molar-refractivity contribution is 7.89. The van der Waals surface area contributed by atoms with Crippen LogP contribution < -0.4 is 10.5 Å². The first-order valence-electron chi connectivity index (χ1n) is 7.01. The maximum absolute atomic E-state index is 12.8. The highest BCUT2D eigenvalue weighted by Crippen LogP contribution is 2.29. The van der Waals surface area contributed by atoms with Gasteiger partial charge in [-0.1, -0.05) is 13.0 Å². The highest BCUT2D eigenvalue weighted by atomic mass is 32.2. The fourth-order valence-corrected chi connectivity index (χ4v) is 3.94. The van der Waals surface area contributed by atoms with Crippen LogP contribution in [-0.2, 0) is 21.3 Å². The number of benzene rings is 1. The Bertz CT molecular complexity index is 589. The van der Waals surface area contributed by atoms with Gasteiger partial charge in [0.05, 0.1) is 19.8 Å². The highest BCUT2D eigenvalue weighted by Gasteiger charge is 2.32. The molecule has 0 bridgehead atoms. The standard InChI is InChI=1S/C14H22N2O4S/c1-3-12-10-16(6-7-20-12)21(17,18)14-5-4-11(9-15)8-13(14)19-2/h4-5,8,12H,3,6-7,9-10,15H2,1-2H3. The third-order valence-corrected chi connectivity index (χ3v) is 5.54. The average Bonchev–Trinajstić information content (AvgIpc) is 2.54. The summed E-state index contributed by atoms with van der Waals surface area (Å²) >= 11 is 0. The number of nitrogens with zero attached hydrogens (tertiary/aromatic N) is 1. The van der Waals surface area contributed by atoms with Crippen LogP contribution in [0.5, 0.6) is 5.75 Å². The van der Waals surface area contributed by atoms with Crippen molar-refractivity contribution in [1.82, 2.24) is 4.31 Å². The van der Waals surface area contributed by atoms with E-state index in [1.54, 1.807) is 18.2 Å². The van der Waals surface area contributed by atoms with Crippen molar-refractivity contribution in [3.63, 3.8) is 0 Å². The van der Waals surface area contributed by atoms with Crippen molar-refractivity contribution in [1.29, 1.82) is 0 Å². The van der Waals surface area contributed by atoms with Gasteiger partial charge in [0.25, 0.3) is 0 Å². The van der Waals surface area contributed by atoms with Gasteiger partial charge in [-0.25, -0.2) is 8.42 Å². The van der Waals surface area contributed by atoms with Gasteiger partial charge in [-0.2, -0.15) is 4.31 Å². The minimum atomic E-state index is -3.59. The van der Waals surface area contributed by atoms with Gasteiger partial charge in [0.1, 0.15) is 10.6 Å². The summed E-state index contributed by atoms with van der Waals surface area (Å²) in [5.41, 5.74) is 6.41. The Morgan fingerprint density at radius 2 is 2.24 bits per heavy atom. The van der Waals surface area contributed by atoms with Crippen molar-refractivity contribution in [2.45, 2.75) is 30.9 Å². The minimum absolute atomic E-state index is 0.0529. The van der Waals surface area contributed by atoms with Gasteiger partial charge < -0.3 is 15.2 Å².